The molecule has 0 aliphatic carbocycles. The first kappa shape index (κ1) is 31.7. The molecule has 1 unspecified atom stereocenters. The van der Waals surface area contributed by atoms with Crippen LogP contribution >= 0.6 is 48.0 Å². The number of pyridine rings is 1. The SMILES string of the molecule is COc1ccc(C2N3C(=O)[C@](C)(SC(=S)Oc4ccccc4)N(C)C(=O)[C@@]3(SC(=S)Oc3ccccc3)C[C@]2(C)C#N)cn1. The molecule has 3 heterocycles. The van der Waals surface area contributed by atoms with Crippen LogP contribution in [0.3, 0.4) is 0 Å². The summed E-state index contributed by atoms with van der Waals surface area (Å²) in [7, 11) is 3.04. The lowest BCUT2D eigenvalue weighted by Gasteiger charge is -2.52. The van der Waals surface area contributed by atoms with Crippen molar-refractivity contribution in [2.24, 2.45) is 5.41 Å². The molecule has 2 aromatic carbocycles. The standard InChI is InChI=1S/C31H28N4O5S4/c1-29(19-32)18-31(44-28(42)40-22-13-9-6-10-14-22)26(37)34(3)30(2,43-27(41)39-21-11-7-5-8-12-21)25(36)35(31)24(29)20-15-16-23(38-4)33-17-20/h5-17,24H,18H2,1-4H3/t24?,29-,30+,31+/m1/s1. The van der Waals surface area contributed by atoms with Crippen LogP contribution in [0, 0.1) is 16.7 Å². The number of para-hydroxylation sites is 2. The number of methoxy groups -OCH3 is 1. The van der Waals surface area contributed by atoms with Crippen molar-refractivity contribution < 1.29 is 23.8 Å². The molecule has 2 aliphatic heterocycles. The van der Waals surface area contributed by atoms with E-state index in [0.717, 1.165) is 23.5 Å². The number of thioether (sulfide) groups is 2. The van der Waals surface area contributed by atoms with Gasteiger partial charge in [0, 0.05) is 25.7 Å². The highest BCUT2D eigenvalue weighted by molar-refractivity contribution is 8.24. The van der Waals surface area contributed by atoms with Crippen molar-refractivity contribution in [1.29, 1.82) is 5.26 Å². The summed E-state index contributed by atoms with van der Waals surface area (Å²) in [6.45, 7) is 3.36. The lowest BCUT2D eigenvalue weighted by Crippen LogP contribution is -2.71. The van der Waals surface area contributed by atoms with Gasteiger partial charge in [0.25, 0.3) is 11.8 Å². The summed E-state index contributed by atoms with van der Waals surface area (Å²) in [6, 6.07) is 22.8. The molecule has 2 aliphatic rings. The molecule has 2 amide bonds. The number of fused-ring (bicyclic) bond motifs is 1. The number of hydrogen-bond donors (Lipinski definition) is 0. The maximum atomic E-state index is 14.9. The zero-order valence-corrected chi connectivity index (χ0v) is 27.5. The van der Waals surface area contributed by atoms with E-state index in [4.69, 9.17) is 38.6 Å². The van der Waals surface area contributed by atoms with Gasteiger partial charge in [-0.3, -0.25) is 9.59 Å². The molecule has 1 aromatic heterocycles. The summed E-state index contributed by atoms with van der Waals surface area (Å²) >= 11 is 13.1. The van der Waals surface area contributed by atoms with Crippen LogP contribution in [0.1, 0.15) is 31.9 Å². The van der Waals surface area contributed by atoms with Crippen LogP contribution in [-0.4, -0.2) is 59.3 Å². The van der Waals surface area contributed by atoms with Crippen molar-refractivity contribution in [1.82, 2.24) is 14.8 Å². The van der Waals surface area contributed by atoms with E-state index in [9.17, 15) is 14.9 Å². The predicted octanol–water partition coefficient (Wildman–Crippen LogP) is 5.97. The summed E-state index contributed by atoms with van der Waals surface area (Å²) in [5.41, 5.74) is -0.650. The van der Waals surface area contributed by atoms with Gasteiger partial charge < -0.3 is 24.0 Å². The number of aromatic nitrogens is 1. The number of ether oxygens (including phenoxy) is 3. The number of benzene rings is 2. The lowest BCUT2D eigenvalue weighted by atomic mass is 9.80. The smallest absolute Gasteiger partial charge is 0.261 e. The number of rotatable bonds is 6. The Kier molecular flexibility index (Phi) is 8.91. The number of piperazine rings is 1. The summed E-state index contributed by atoms with van der Waals surface area (Å²) in [6.07, 6.45) is 1.54. The van der Waals surface area contributed by atoms with Gasteiger partial charge in [-0.05, 0) is 97.7 Å². The summed E-state index contributed by atoms with van der Waals surface area (Å²) in [5.74, 6) is 0.478. The van der Waals surface area contributed by atoms with Crippen LogP contribution in [-0.2, 0) is 9.59 Å². The topological polar surface area (TPSA) is 105 Å². The highest BCUT2D eigenvalue weighted by Crippen LogP contribution is 2.62. The van der Waals surface area contributed by atoms with E-state index < -0.39 is 33.0 Å². The minimum atomic E-state index is -1.60. The third-order valence-electron chi connectivity index (χ3n) is 7.71. The highest BCUT2D eigenvalue weighted by atomic mass is 32.2. The fourth-order valence-corrected chi connectivity index (χ4v) is 8.76. The van der Waals surface area contributed by atoms with Crippen LogP contribution in [0.15, 0.2) is 79.0 Å². The first-order valence-electron chi connectivity index (χ1n) is 13.4. The Morgan fingerprint density at radius 2 is 1.50 bits per heavy atom. The monoisotopic (exact) mass is 664 g/mol. The van der Waals surface area contributed by atoms with Gasteiger partial charge in [0.1, 0.15) is 11.5 Å². The third kappa shape index (κ3) is 5.63. The van der Waals surface area contributed by atoms with Crippen LogP contribution in [0.4, 0.5) is 0 Å². The zero-order chi connectivity index (χ0) is 31.7. The Labute approximate surface area is 274 Å². The fourth-order valence-electron chi connectivity index (χ4n) is 5.50. The maximum Gasteiger partial charge on any atom is 0.261 e. The molecule has 226 valence electrons. The molecule has 5 rings (SSSR count). The van der Waals surface area contributed by atoms with Gasteiger partial charge in [-0.2, -0.15) is 5.26 Å². The molecule has 9 nitrogen and oxygen atoms in total. The number of thiocarbonyl (C=S) groups is 2. The molecule has 0 N–H and O–H groups in total. The molecular formula is C31H28N4O5S4. The molecule has 0 radical (unpaired) electrons. The minimum Gasteiger partial charge on any atom is -0.481 e. The zero-order valence-electron chi connectivity index (χ0n) is 24.3. The van der Waals surface area contributed by atoms with Crippen molar-refractivity contribution >= 4 is 68.5 Å². The number of likely N-dealkylation sites (N-methyl/N-ethyl adjacent to an activating group) is 1. The average Bonchev–Trinajstić information content (AvgIpc) is 3.29. The first-order valence-corrected chi connectivity index (χ1v) is 15.9. The minimum absolute atomic E-state index is 0.0171. The Bertz CT molecular complexity index is 1640. The summed E-state index contributed by atoms with van der Waals surface area (Å²) in [5, 5.41) is 10.6. The van der Waals surface area contributed by atoms with Gasteiger partial charge in [0.15, 0.2) is 9.74 Å². The van der Waals surface area contributed by atoms with E-state index in [-0.39, 0.29) is 15.2 Å². The van der Waals surface area contributed by atoms with E-state index in [1.54, 1.807) is 87.8 Å². The van der Waals surface area contributed by atoms with Crippen molar-refractivity contribution in [2.75, 3.05) is 14.2 Å². The Balaban J connectivity index is 1.59. The van der Waals surface area contributed by atoms with Gasteiger partial charge in [-0.15, -0.1) is 0 Å². The van der Waals surface area contributed by atoms with Gasteiger partial charge in [-0.1, -0.05) is 36.4 Å². The molecule has 13 heteroatoms. The average molecular weight is 665 g/mol. The molecule has 4 atom stereocenters. The second-order valence-electron chi connectivity index (χ2n) is 10.6. The number of nitriles is 1. The summed E-state index contributed by atoms with van der Waals surface area (Å²) in [4.78, 5) is 33.6. The van der Waals surface area contributed by atoms with Gasteiger partial charge >= 0.3 is 0 Å². The van der Waals surface area contributed by atoms with E-state index in [0.29, 0.717) is 22.9 Å². The quantitative estimate of drug-likeness (QED) is 0.291. The van der Waals surface area contributed by atoms with Crippen molar-refractivity contribution in [3.63, 3.8) is 0 Å². The second kappa shape index (κ2) is 12.4. The van der Waals surface area contributed by atoms with Gasteiger partial charge in [0.2, 0.25) is 14.6 Å². The third-order valence-corrected chi connectivity index (χ3v) is 10.6. The molecule has 3 aromatic rings. The van der Waals surface area contributed by atoms with Crippen LogP contribution in [0.25, 0.3) is 0 Å². The molecule has 44 heavy (non-hydrogen) atoms. The lowest BCUT2D eigenvalue weighted by molar-refractivity contribution is -0.163. The Morgan fingerprint density at radius 1 is 0.932 bits per heavy atom. The first-order chi connectivity index (χ1) is 21.0. The predicted molar refractivity (Wildman–Crippen MR) is 177 cm³/mol. The molecule has 2 fully saturated rings. The van der Waals surface area contributed by atoms with E-state index in [1.165, 1.54) is 16.9 Å². The maximum absolute atomic E-state index is 14.9. The number of amides is 2. The van der Waals surface area contributed by atoms with Gasteiger partial charge in [-0.25, -0.2) is 4.98 Å². The number of hydrogen-bond acceptors (Lipinski definition) is 11. The van der Waals surface area contributed by atoms with Crippen molar-refractivity contribution in [3.05, 3.63) is 84.6 Å². The van der Waals surface area contributed by atoms with Gasteiger partial charge in [0.05, 0.1) is 24.6 Å². The Hall–Kier alpha value is -3.70. The fraction of sp³-hybridized carbons (Fsp3) is 0.290. The molecule has 0 spiro atoms. The Morgan fingerprint density at radius 3 is 2.00 bits per heavy atom. The number of nitrogens with zero attached hydrogens (tertiary/aromatic N) is 4. The highest BCUT2D eigenvalue weighted by Gasteiger charge is 2.71. The van der Waals surface area contributed by atoms with Crippen LogP contribution in [0.5, 0.6) is 17.4 Å². The van der Waals surface area contributed by atoms with E-state index >= 15 is 0 Å². The largest absolute Gasteiger partial charge is 0.481 e. The number of carbonyl (C=O) groups is 2. The molecule has 0 saturated carbocycles. The summed E-state index contributed by atoms with van der Waals surface area (Å²) < 4.78 is 17.1. The normalized spacial score (nSPS) is 26.0. The van der Waals surface area contributed by atoms with Crippen molar-refractivity contribution in [2.45, 2.75) is 36.1 Å². The second-order valence-corrected chi connectivity index (χ2v) is 14.5. The molecule has 0 bridgehead atoms. The molecular weight excluding hydrogens is 637 g/mol. The van der Waals surface area contributed by atoms with Crippen molar-refractivity contribution in [3.8, 4) is 23.4 Å². The van der Waals surface area contributed by atoms with E-state index in [1.807, 2.05) is 12.1 Å². The van der Waals surface area contributed by atoms with Crippen LogP contribution < -0.4 is 14.2 Å². The van der Waals surface area contributed by atoms with E-state index in [2.05, 4.69) is 11.1 Å². The van der Waals surface area contributed by atoms with Crippen LogP contribution in [0.2, 0.25) is 0 Å². The number of carbonyl (C=O) groups excluding carboxylic acids is 2. The molecule has 2 saturated heterocycles.